The van der Waals surface area contributed by atoms with E-state index in [4.69, 9.17) is 4.74 Å². The SMILES string of the molecule is CNC1COCC1C(=O)N[C@@H](C)C1CCCCC1. The van der Waals surface area contributed by atoms with Gasteiger partial charge in [-0.15, -0.1) is 0 Å². The van der Waals surface area contributed by atoms with Crippen molar-refractivity contribution in [2.24, 2.45) is 11.8 Å². The lowest BCUT2D eigenvalue weighted by atomic mass is 9.84. The highest BCUT2D eigenvalue weighted by atomic mass is 16.5. The van der Waals surface area contributed by atoms with Gasteiger partial charge in [0.2, 0.25) is 5.91 Å². The zero-order valence-electron chi connectivity index (χ0n) is 11.6. The van der Waals surface area contributed by atoms with E-state index in [1.807, 2.05) is 7.05 Å². The number of carbonyl (C=O) groups is 1. The van der Waals surface area contributed by atoms with E-state index in [0.717, 1.165) is 0 Å². The Hall–Kier alpha value is -0.610. The van der Waals surface area contributed by atoms with Gasteiger partial charge in [-0.3, -0.25) is 4.79 Å². The van der Waals surface area contributed by atoms with Gasteiger partial charge < -0.3 is 15.4 Å². The van der Waals surface area contributed by atoms with Gasteiger partial charge in [0.1, 0.15) is 0 Å². The number of nitrogens with one attached hydrogen (secondary N) is 2. The third-order valence-corrected chi connectivity index (χ3v) is 4.51. The molecule has 0 bridgehead atoms. The molecular weight excluding hydrogens is 228 g/mol. The molecule has 2 fully saturated rings. The van der Waals surface area contributed by atoms with Gasteiger partial charge in [-0.1, -0.05) is 19.3 Å². The second-order valence-corrected chi connectivity index (χ2v) is 5.73. The molecule has 0 aromatic heterocycles. The lowest BCUT2D eigenvalue weighted by Gasteiger charge is -2.29. The van der Waals surface area contributed by atoms with Crippen LogP contribution in [-0.4, -0.2) is 38.3 Å². The van der Waals surface area contributed by atoms with Gasteiger partial charge in [0.25, 0.3) is 0 Å². The maximum Gasteiger partial charge on any atom is 0.227 e. The number of rotatable bonds is 4. The smallest absolute Gasteiger partial charge is 0.227 e. The molecule has 2 aliphatic rings. The standard InChI is InChI=1S/C14H26N2O2/c1-10(11-6-4-3-5-7-11)16-14(17)12-8-18-9-13(12)15-2/h10-13,15H,3-9H2,1-2H3,(H,16,17)/t10-,12?,13?/m0/s1. The molecule has 1 aliphatic carbocycles. The van der Waals surface area contributed by atoms with E-state index >= 15 is 0 Å². The number of likely N-dealkylation sites (N-methyl/N-ethyl adjacent to an activating group) is 1. The van der Waals surface area contributed by atoms with Crippen LogP contribution in [0.25, 0.3) is 0 Å². The van der Waals surface area contributed by atoms with Crippen LogP contribution in [0.1, 0.15) is 39.0 Å². The number of amides is 1. The normalized spacial score (nSPS) is 31.2. The first kappa shape index (κ1) is 13.8. The fraction of sp³-hybridized carbons (Fsp3) is 0.929. The summed E-state index contributed by atoms with van der Waals surface area (Å²) < 4.78 is 5.39. The van der Waals surface area contributed by atoms with Gasteiger partial charge in [0, 0.05) is 12.1 Å². The number of hydrogen-bond acceptors (Lipinski definition) is 3. The Bertz CT molecular complexity index is 277. The monoisotopic (exact) mass is 254 g/mol. The van der Waals surface area contributed by atoms with Crippen LogP contribution < -0.4 is 10.6 Å². The molecule has 4 heteroatoms. The Morgan fingerprint density at radius 1 is 1.22 bits per heavy atom. The summed E-state index contributed by atoms with van der Waals surface area (Å²) in [6, 6.07) is 0.472. The van der Waals surface area contributed by atoms with Crippen LogP contribution in [-0.2, 0) is 9.53 Å². The fourth-order valence-corrected chi connectivity index (χ4v) is 3.18. The first-order valence-corrected chi connectivity index (χ1v) is 7.27. The van der Waals surface area contributed by atoms with Crippen LogP contribution in [0.2, 0.25) is 0 Å². The second kappa shape index (κ2) is 6.53. The Balaban J connectivity index is 1.82. The zero-order chi connectivity index (χ0) is 13.0. The number of carbonyl (C=O) groups excluding carboxylic acids is 1. The molecule has 3 atom stereocenters. The number of ether oxygens (including phenoxy) is 1. The van der Waals surface area contributed by atoms with Crippen molar-refractivity contribution < 1.29 is 9.53 Å². The molecule has 2 N–H and O–H groups in total. The Labute approximate surface area is 110 Å². The molecule has 1 saturated heterocycles. The first-order valence-electron chi connectivity index (χ1n) is 7.27. The zero-order valence-corrected chi connectivity index (χ0v) is 11.6. The molecule has 4 nitrogen and oxygen atoms in total. The van der Waals surface area contributed by atoms with E-state index < -0.39 is 0 Å². The summed E-state index contributed by atoms with van der Waals surface area (Å²) in [4.78, 5) is 12.2. The predicted octanol–water partition coefficient (Wildman–Crippen LogP) is 1.31. The van der Waals surface area contributed by atoms with Crippen molar-refractivity contribution in [3.63, 3.8) is 0 Å². The predicted molar refractivity (Wildman–Crippen MR) is 71.3 cm³/mol. The van der Waals surface area contributed by atoms with Gasteiger partial charge in [-0.2, -0.15) is 0 Å². The second-order valence-electron chi connectivity index (χ2n) is 5.73. The molecule has 2 unspecified atom stereocenters. The highest BCUT2D eigenvalue weighted by Crippen LogP contribution is 2.26. The van der Waals surface area contributed by atoms with Crippen LogP contribution in [0.15, 0.2) is 0 Å². The van der Waals surface area contributed by atoms with E-state index in [9.17, 15) is 4.79 Å². The quantitative estimate of drug-likeness (QED) is 0.795. The van der Waals surface area contributed by atoms with Crippen LogP contribution in [0.5, 0.6) is 0 Å². The Morgan fingerprint density at radius 3 is 2.61 bits per heavy atom. The molecule has 0 spiro atoms. The molecular formula is C14H26N2O2. The minimum Gasteiger partial charge on any atom is -0.379 e. The largest absolute Gasteiger partial charge is 0.379 e. The molecule has 18 heavy (non-hydrogen) atoms. The average molecular weight is 254 g/mol. The third kappa shape index (κ3) is 3.23. The molecule has 1 heterocycles. The van der Waals surface area contributed by atoms with Crippen molar-refractivity contribution in [2.75, 3.05) is 20.3 Å². The van der Waals surface area contributed by atoms with Crippen molar-refractivity contribution in [2.45, 2.75) is 51.1 Å². The van der Waals surface area contributed by atoms with E-state index in [-0.39, 0.29) is 17.9 Å². The summed E-state index contributed by atoms with van der Waals surface area (Å²) in [6.07, 6.45) is 6.51. The van der Waals surface area contributed by atoms with Gasteiger partial charge >= 0.3 is 0 Å². The maximum absolute atomic E-state index is 12.2. The molecule has 1 aliphatic heterocycles. The molecule has 0 radical (unpaired) electrons. The van der Waals surface area contributed by atoms with Crippen LogP contribution in [0, 0.1) is 11.8 Å². The third-order valence-electron chi connectivity index (χ3n) is 4.51. The Morgan fingerprint density at radius 2 is 1.94 bits per heavy atom. The molecule has 104 valence electrons. The number of hydrogen-bond donors (Lipinski definition) is 2. The van der Waals surface area contributed by atoms with Crippen LogP contribution in [0.3, 0.4) is 0 Å². The van der Waals surface area contributed by atoms with Gasteiger partial charge in [0.15, 0.2) is 0 Å². The van der Waals surface area contributed by atoms with Gasteiger partial charge in [-0.05, 0) is 32.7 Å². The summed E-state index contributed by atoms with van der Waals surface area (Å²) >= 11 is 0. The molecule has 2 rings (SSSR count). The summed E-state index contributed by atoms with van der Waals surface area (Å²) in [5.74, 6) is 0.795. The average Bonchev–Trinajstić information content (AvgIpc) is 2.88. The topological polar surface area (TPSA) is 50.4 Å². The summed E-state index contributed by atoms with van der Waals surface area (Å²) in [6.45, 7) is 3.35. The molecule has 1 saturated carbocycles. The summed E-state index contributed by atoms with van der Waals surface area (Å²) in [5, 5.41) is 6.36. The van der Waals surface area contributed by atoms with E-state index in [1.165, 1.54) is 32.1 Å². The van der Waals surface area contributed by atoms with Crippen molar-refractivity contribution in [3.05, 3.63) is 0 Å². The van der Waals surface area contributed by atoms with E-state index in [2.05, 4.69) is 17.6 Å². The van der Waals surface area contributed by atoms with Crippen LogP contribution >= 0.6 is 0 Å². The van der Waals surface area contributed by atoms with Crippen molar-refractivity contribution in [1.29, 1.82) is 0 Å². The first-order chi connectivity index (χ1) is 8.72. The maximum atomic E-state index is 12.2. The van der Waals surface area contributed by atoms with E-state index in [1.54, 1.807) is 0 Å². The minimum atomic E-state index is -0.0268. The molecule has 0 aromatic carbocycles. The molecule has 0 aromatic rings. The van der Waals surface area contributed by atoms with Crippen molar-refractivity contribution in [1.82, 2.24) is 10.6 Å². The summed E-state index contributed by atoms with van der Waals surface area (Å²) in [5.41, 5.74) is 0. The molecule has 1 amide bonds. The highest BCUT2D eigenvalue weighted by Gasteiger charge is 2.34. The van der Waals surface area contributed by atoms with Gasteiger partial charge in [0.05, 0.1) is 19.1 Å². The van der Waals surface area contributed by atoms with Gasteiger partial charge in [-0.25, -0.2) is 0 Å². The Kier molecular flexibility index (Phi) is 5.01. The minimum absolute atomic E-state index is 0.0268. The highest BCUT2D eigenvalue weighted by molar-refractivity contribution is 5.80. The van der Waals surface area contributed by atoms with E-state index in [0.29, 0.717) is 25.2 Å². The van der Waals surface area contributed by atoms with Crippen molar-refractivity contribution in [3.8, 4) is 0 Å². The lowest BCUT2D eigenvalue weighted by Crippen LogP contribution is -2.47. The lowest BCUT2D eigenvalue weighted by molar-refractivity contribution is -0.126. The van der Waals surface area contributed by atoms with Crippen LogP contribution in [0.4, 0.5) is 0 Å². The van der Waals surface area contributed by atoms with Crippen molar-refractivity contribution >= 4 is 5.91 Å². The fourth-order valence-electron chi connectivity index (χ4n) is 3.18. The summed E-state index contributed by atoms with van der Waals surface area (Å²) in [7, 11) is 1.89.